The van der Waals surface area contributed by atoms with Gasteiger partial charge in [-0.1, -0.05) is 72.3 Å². The van der Waals surface area contributed by atoms with Crippen LogP contribution < -0.4 is 19.5 Å². The van der Waals surface area contributed by atoms with Crippen LogP contribution in [0.25, 0.3) is 16.8 Å². The van der Waals surface area contributed by atoms with Gasteiger partial charge in [-0.3, -0.25) is 4.79 Å². The second kappa shape index (κ2) is 13.7. The van der Waals surface area contributed by atoms with Gasteiger partial charge in [-0.25, -0.2) is 0 Å². The van der Waals surface area contributed by atoms with Gasteiger partial charge in [0.25, 0.3) is 5.91 Å². The van der Waals surface area contributed by atoms with Crippen LogP contribution in [0, 0.1) is 18.3 Å². The number of ether oxygens (including phenoxy) is 3. The van der Waals surface area contributed by atoms with Crippen molar-refractivity contribution in [2.75, 3.05) is 12.4 Å². The van der Waals surface area contributed by atoms with E-state index in [2.05, 4.69) is 39.4 Å². The van der Waals surface area contributed by atoms with E-state index in [1.807, 2.05) is 61.5 Å². The fourth-order valence-electron chi connectivity index (χ4n) is 4.53. The van der Waals surface area contributed by atoms with Crippen molar-refractivity contribution in [3.8, 4) is 23.3 Å². The van der Waals surface area contributed by atoms with Gasteiger partial charge >= 0.3 is 0 Å². The Bertz CT molecular complexity index is 1820. The van der Waals surface area contributed by atoms with Crippen molar-refractivity contribution in [2.24, 2.45) is 0 Å². The molecule has 5 aromatic carbocycles. The SMILES string of the molecule is COc1cc(/C=C(\C#N)C(=O)Nc2ccc(OCc3ccc(C)cc3)cc2)cc(Br)c1OCc1cccc2ccccc12. The van der Waals surface area contributed by atoms with E-state index >= 15 is 0 Å². The molecular weight excluding hydrogens is 604 g/mol. The number of amides is 1. The Kier molecular flexibility index (Phi) is 9.40. The maximum atomic E-state index is 12.9. The number of anilines is 1. The lowest BCUT2D eigenvalue weighted by Gasteiger charge is -2.15. The number of hydrogen-bond acceptors (Lipinski definition) is 5. The Labute approximate surface area is 259 Å². The van der Waals surface area contributed by atoms with Crippen molar-refractivity contribution in [3.63, 3.8) is 0 Å². The lowest BCUT2D eigenvalue weighted by molar-refractivity contribution is -0.112. The zero-order valence-electron chi connectivity index (χ0n) is 23.8. The summed E-state index contributed by atoms with van der Waals surface area (Å²) in [5.74, 6) is 1.15. The molecule has 5 rings (SSSR count). The van der Waals surface area contributed by atoms with Gasteiger partial charge in [0.2, 0.25) is 0 Å². The van der Waals surface area contributed by atoms with E-state index in [4.69, 9.17) is 14.2 Å². The highest BCUT2D eigenvalue weighted by atomic mass is 79.9. The minimum absolute atomic E-state index is 0.0573. The normalized spacial score (nSPS) is 11.1. The zero-order valence-corrected chi connectivity index (χ0v) is 25.4. The Morgan fingerprint density at radius 2 is 1.65 bits per heavy atom. The number of fused-ring (bicyclic) bond motifs is 1. The quantitative estimate of drug-likeness (QED) is 0.123. The molecule has 0 bridgehead atoms. The minimum atomic E-state index is -0.526. The third-order valence-electron chi connectivity index (χ3n) is 6.82. The van der Waals surface area contributed by atoms with Gasteiger partial charge in [-0.15, -0.1) is 0 Å². The molecule has 0 aliphatic carbocycles. The van der Waals surface area contributed by atoms with Gasteiger partial charge in [0.15, 0.2) is 11.5 Å². The number of halogens is 1. The highest BCUT2D eigenvalue weighted by molar-refractivity contribution is 9.10. The Morgan fingerprint density at radius 1 is 0.907 bits per heavy atom. The van der Waals surface area contributed by atoms with E-state index in [-0.39, 0.29) is 5.57 Å². The number of hydrogen-bond donors (Lipinski definition) is 1. The lowest BCUT2D eigenvalue weighted by atomic mass is 10.1. The molecule has 0 unspecified atom stereocenters. The van der Waals surface area contributed by atoms with E-state index in [1.54, 1.807) is 43.5 Å². The van der Waals surface area contributed by atoms with E-state index in [9.17, 15) is 10.1 Å². The molecule has 43 heavy (non-hydrogen) atoms. The molecule has 1 N–H and O–H groups in total. The first-order chi connectivity index (χ1) is 20.9. The fourth-order valence-corrected chi connectivity index (χ4v) is 5.10. The third kappa shape index (κ3) is 7.42. The lowest BCUT2D eigenvalue weighted by Crippen LogP contribution is -2.13. The highest BCUT2D eigenvalue weighted by Crippen LogP contribution is 2.38. The minimum Gasteiger partial charge on any atom is -0.493 e. The summed E-state index contributed by atoms with van der Waals surface area (Å²) in [4.78, 5) is 12.9. The first-order valence-electron chi connectivity index (χ1n) is 13.6. The van der Waals surface area contributed by atoms with Crippen LogP contribution in [-0.2, 0) is 18.0 Å². The Hall–Kier alpha value is -5.06. The van der Waals surface area contributed by atoms with Crippen LogP contribution in [0.5, 0.6) is 17.2 Å². The number of nitriles is 1. The summed E-state index contributed by atoms with van der Waals surface area (Å²) >= 11 is 3.57. The molecule has 0 fully saturated rings. The molecule has 214 valence electrons. The van der Waals surface area contributed by atoms with Crippen LogP contribution in [0.4, 0.5) is 5.69 Å². The first-order valence-corrected chi connectivity index (χ1v) is 14.4. The summed E-state index contributed by atoms with van der Waals surface area (Å²) in [6.07, 6.45) is 1.51. The molecule has 0 atom stereocenters. The largest absolute Gasteiger partial charge is 0.493 e. The van der Waals surface area contributed by atoms with E-state index < -0.39 is 5.91 Å². The smallest absolute Gasteiger partial charge is 0.266 e. The number of benzene rings is 5. The van der Waals surface area contributed by atoms with Crippen molar-refractivity contribution in [3.05, 3.63) is 135 Å². The van der Waals surface area contributed by atoms with Crippen LogP contribution in [0.2, 0.25) is 0 Å². The zero-order chi connectivity index (χ0) is 30.2. The standard InChI is InChI=1S/C36H29BrN2O4/c1-24-10-12-25(13-11-24)22-42-31-16-14-30(15-17-31)39-36(40)29(21-38)18-26-19-33(37)35(34(20-26)41-2)43-23-28-8-5-7-27-6-3-4-9-32(27)28/h3-20H,22-23H2,1-2H3,(H,39,40)/b29-18+. The molecule has 0 aromatic heterocycles. The van der Waals surface area contributed by atoms with Crippen molar-refractivity contribution in [2.45, 2.75) is 20.1 Å². The third-order valence-corrected chi connectivity index (χ3v) is 7.41. The molecule has 0 aliphatic heterocycles. The van der Waals surface area contributed by atoms with Crippen LogP contribution in [0.1, 0.15) is 22.3 Å². The highest BCUT2D eigenvalue weighted by Gasteiger charge is 2.15. The number of nitrogens with zero attached hydrogens (tertiary/aromatic N) is 1. The first kappa shape index (κ1) is 29.4. The van der Waals surface area contributed by atoms with Gasteiger partial charge < -0.3 is 19.5 Å². The second-order valence-corrected chi connectivity index (χ2v) is 10.7. The summed E-state index contributed by atoms with van der Waals surface area (Å²) in [5, 5.41) is 14.8. The molecule has 6 nitrogen and oxygen atoms in total. The van der Waals surface area contributed by atoms with E-state index in [0.717, 1.165) is 21.9 Å². The Morgan fingerprint density at radius 3 is 2.40 bits per heavy atom. The van der Waals surface area contributed by atoms with E-state index in [1.165, 1.54) is 11.6 Å². The second-order valence-electron chi connectivity index (χ2n) is 9.88. The summed E-state index contributed by atoms with van der Waals surface area (Å²) in [6, 6.07) is 34.9. The number of methoxy groups -OCH3 is 1. The summed E-state index contributed by atoms with van der Waals surface area (Å²) < 4.78 is 18.3. The maximum absolute atomic E-state index is 12.9. The molecule has 0 heterocycles. The molecule has 0 radical (unpaired) electrons. The van der Waals surface area contributed by atoms with Gasteiger partial charge in [0, 0.05) is 5.69 Å². The van der Waals surface area contributed by atoms with Gasteiger partial charge in [0.1, 0.15) is 30.6 Å². The number of nitrogens with one attached hydrogen (secondary N) is 1. The van der Waals surface area contributed by atoms with Crippen molar-refractivity contribution in [1.29, 1.82) is 5.26 Å². The predicted octanol–water partition coefficient (Wildman–Crippen LogP) is 8.62. The van der Waals surface area contributed by atoms with Gasteiger partial charge in [-0.2, -0.15) is 5.26 Å². The van der Waals surface area contributed by atoms with Crippen LogP contribution in [0.15, 0.2) is 113 Å². The van der Waals surface area contributed by atoms with Crippen molar-refractivity contribution in [1.82, 2.24) is 0 Å². The Balaban J connectivity index is 1.25. The van der Waals surface area contributed by atoms with Crippen LogP contribution in [-0.4, -0.2) is 13.0 Å². The number of carbonyl (C=O) groups excluding carboxylic acids is 1. The molecule has 0 saturated carbocycles. The summed E-state index contributed by atoms with van der Waals surface area (Å²) in [7, 11) is 1.55. The van der Waals surface area contributed by atoms with Crippen LogP contribution >= 0.6 is 15.9 Å². The maximum Gasteiger partial charge on any atom is 0.266 e. The molecule has 0 aliphatic rings. The van der Waals surface area contributed by atoms with E-state index in [0.29, 0.717) is 46.2 Å². The molecule has 0 spiro atoms. The molecular formula is C36H29BrN2O4. The summed E-state index contributed by atoms with van der Waals surface area (Å²) in [6.45, 7) is 2.83. The number of carbonyl (C=O) groups is 1. The molecule has 1 amide bonds. The topological polar surface area (TPSA) is 80.6 Å². The van der Waals surface area contributed by atoms with Gasteiger partial charge in [-0.05, 0) is 92.8 Å². The molecule has 5 aromatic rings. The fraction of sp³-hybridized carbons (Fsp3) is 0.111. The summed E-state index contributed by atoms with van der Waals surface area (Å²) in [5.41, 5.74) is 4.40. The number of rotatable bonds is 10. The van der Waals surface area contributed by atoms with Crippen LogP contribution in [0.3, 0.4) is 0 Å². The molecule has 7 heteroatoms. The number of aryl methyl sites for hydroxylation is 1. The molecule has 0 saturated heterocycles. The van der Waals surface area contributed by atoms with Gasteiger partial charge in [0.05, 0.1) is 11.6 Å². The average molecular weight is 634 g/mol. The predicted molar refractivity (Wildman–Crippen MR) is 173 cm³/mol. The van der Waals surface area contributed by atoms with Crippen molar-refractivity contribution < 1.29 is 19.0 Å². The monoisotopic (exact) mass is 632 g/mol. The average Bonchev–Trinajstić information content (AvgIpc) is 3.03. The van der Waals surface area contributed by atoms with Crippen molar-refractivity contribution >= 4 is 44.4 Å².